The van der Waals surface area contributed by atoms with E-state index in [2.05, 4.69) is 11.4 Å². The number of amides is 1. The van der Waals surface area contributed by atoms with Crippen LogP contribution in [0.5, 0.6) is 0 Å². The number of rotatable bonds is 7. The lowest BCUT2D eigenvalue weighted by Crippen LogP contribution is -2.20. The molecule has 1 amide bonds. The molecule has 0 radical (unpaired) electrons. The molecule has 0 bridgehead atoms. The molecular formula is C22H17F2N3O3. The van der Waals surface area contributed by atoms with Gasteiger partial charge in [0.1, 0.15) is 11.6 Å². The Morgan fingerprint density at radius 1 is 1.20 bits per heavy atom. The Morgan fingerprint density at radius 2 is 2.00 bits per heavy atom. The number of carbonyl (C=O) groups is 2. The highest BCUT2D eigenvalue weighted by molar-refractivity contribution is 5.96. The SMILES string of the molecule is N#CCCn1cc(/C=C/C(=O)OCC(=O)Nc2ccc(F)cc2F)c2ccccc21. The maximum Gasteiger partial charge on any atom is 0.331 e. The van der Waals surface area contributed by atoms with Gasteiger partial charge >= 0.3 is 5.97 Å². The highest BCUT2D eigenvalue weighted by Crippen LogP contribution is 2.23. The first-order chi connectivity index (χ1) is 14.5. The van der Waals surface area contributed by atoms with Gasteiger partial charge < -0.3 is 14.6 Å². The third-order valence-corrected chi connectivity index (χ3v) is 4.23. The molecule has 0 aliphatic carbocycles. The number of carbonyl (C=O) groups excluding carboxylic acids is 2. The van der Waals surface area contributed by atoms with Gasteiger partial charge in [0.05, 0.1) is 18.2 Å². The minimum atomic E-state index is -0.928. The molecule has 2 aromatic carbocycles. The number of halogens is 2. The van der Waals surface area contributed by atoms with Crippen molar-refractivity contribution in [3.05, 3.63) is 71.9 Å². The predicted octanol–water partition coefficient (Wildman–Crippen LogP) is 4.03. The zero-order chi connectivity index (χ0) is 21.5. The second kappa shape index (κ2) is 9.47. The normalized spacial score (nSPS) is 10.8. The molecule has 0 saturated carbocycles. The molecule has 8 heteroatoms. The van der Waals surface area contributed by atoms with E-state index in [1.807, 2.05) is 35.0 Å². The second-order valence-corrected chi connectivity index (χ2v) is 6.32. The Morgan fingerprint density at radius 3 is 2.77 bits per heavy atom. The summed E-state index contributed by atoms with van der Waals surface area (Å²) in [5.74, 6) is -3.20. The van der Waals surface area contributed by atoms with Crippen molar-refractivity contribution < 1.29 is 23.1 Å². The first-order valence-corrected chi connectivity index (χ1v) is 9.02. The number of hydrogen-bond acceptors (Lipinski definition) is 4. The van der Waals surface area contributed by atoms with Crippen molar-refractivity contribution in [1.29, 1.82) is 5.26 Å². The Balaban J connectivity index is 1.61. The van der Waals surface area contributed by atoms with Crippen molar-refractivity contribution in [3.63, 3.8) is 0 Å². The van der Waals surface area contributed by atoms with Crippen LogP contribution in [0, 0.1) is 23.0 Å². The van der Waals surface area contributed by atoms with Gasteiger partial charge in [-0.05, 0) is 24.3 Å². The lowest BCUT2D eigenvalue weighted by atomic mass is 10.1. The fourth-order valence-corrected chi connectivity index (χ4v) is 2.88. The van der Waals surface area contributed by atoms with Crippen molar-refractivity contribution in [2.45, 2.75) is 13.0 Å². The summed E-state index contributed by atoms with van der Waals surface area (Å²) in [7, 11) is 0. The van der Waals surface area contributed by atoms with E-state index >= 15 is 0 Å². The van der Waals surface area contributed by atoms with Crippen LogP contribution in [-0.4, -0.2) is 23.1 Å². The standard InChI is InChI=1S/C22H17F2N3O3/c23-16-7-8-19(18(24)12-16)26-21(28)14-30-22(29)9-6-15-13-27(11-3-10-25)20-5-2-1-4-17(15)20/h1-2,4-9,12-13H,3,11,14H2,(H,26,28)/b9-6+. The third-order valence-electron chi connectivity index (χ3n) is 4.23. The number of para-hydroxylation sites is 1. The Labute approximate surface area is 171 Å². The summed E-state index contributed by atoms with van der Waals surface area (Å²) < 4.78 is 33.2. The molecule has 0 fully saturated rings. The lowest BCUT2D eigenvalue weighted by molar-refractivity contribution is -0.142. The van der Waals surface area contributed by atoms with Gasteiger partial charge in [0.15, 0.2) is 6.61 Å². The topological polar surface area (TPSA) is 84.1 Å². The molecule has 0 aliphatic heterocycles. The Bertz CT molecular complexity index is 1160. The smallest absolute Gasteiger partial charge is 0.331 e. The molecule has 6 nitrogen and oxygen atoms in total. The van der Waals surface area contributed by atoms with Crippen LogP contribution in [0.3, 0.4) is 0 Å². The van der Waals surface area contributed by atoms with E-state index < -0.39 is 30.1 Å². The van der Waals surface area contributed by atoms with Crippen LogP contribution in [0.1, 0.15) is 12.0 Å². The fourth-order valence-electron chi connectivity index (χ4n) is 2.88. The van der Waals surface area contributed by atoms with Gasteiger partial charge in [-0.25, -0.2) is 13.6 Å². The molecule has 0 atom stereocenters. The van der Waals surface area contributed by atoms with Crippen molar-refractivity contribution in [2.24, 2.45) is 0 Å². The summed E-state index contributed by atoms with van der Waals surface area (Å²) >= 11 is 0. The summed E-state index contributed by atoms with van der Waals surface area (Å²) in [6.45, 7) is -0.0979. The van der Waals surface area contributed by atoms with Gasteiger partial charge in [0.2, 0.25) is 0 Å². The lowest BCUT2D eigenvalue weighted by Gasteiger charge is -2.06. The molecule has 1 aromatic heterocycles. The molecule has 152 valence electrons. The van der Waals surface area contributed by atoms with Gasteiger partial charge in [-0.15, -0.1) is 0 Å². The summed E-state index contributed by atoms with van der Waals surface area (Å²) in [6, 6.07) is 12.4. The van der Waals surface area contributed by atoms with E-state index in [4.69, 9.17) is 10.00 Å². The second-order valence-electron chi connectivity index (χ2n) is 6.32. The summed E-state index contributed by atoms with van der Waals surface area (Å²) in [5.41, 5.74) is 1.48. The van der Waals surface area contributed by atoms with Crippen LogP contribution < -0.4 is 5.32 Å². The van der Waals surface area contributed by atoms with Gasteiger partial charge in [0.25, 0.3) is 5.91 Å². The quantitative estimate of drug-likeness (QED) is 0.472. The number of esters is 1. The van der Waals surface area contributed by atoms with Crippen molar-refractivity contribution in [1.82, 2.24) is 4.57 Å². The number of nitrogens with one attached hydrogen (secondary N) is 1. The molecule has 0 spiro atoms. The number of nitriles is 1. The van der Waals surface area contributed by atoms with E-state index in [0.29, 0.717) is 19.0 Å². The summed E-state index contributed by atoms with van der Waals surface area (Å²) in [6.07, 6.45) is 4.93. The largest absolute Gasteiger partial charge is 0.452 e. The average molecular weight is 409 g/mol. The monoisotopic (exact) mass is 409 g/mol. The summed E-state index contributed by atoms with van der Waals surface area (Å²) in [4.78, 5) is 23.7. The molecule has 3 rings (SSSR count). The van der Waals surface area contributed by atoms with Crippen LogP contribution in [0.2, 0.25) is 0 Å². The van der Waals surface area contributed by atoms with E-state index in [1.165, 1.54) is 6.08 Å². The van der Waals surface area contributed by atoms with E-state index in [9.17, 15) is 18.4 Å². The molecule has 1 heterocycles. The zero-order valence-electron chi connectivity index (χ0n) is 15.8. The number of fused-ring (bicyclic) bond motifs is 1. The number of anilines is 1. The molecule has 0 saturated heterocycles. The van der Waals surface area contributed by atoms with Gasteiger partial charge in [0, 0.05) is 41.4 Å². The highest BCUT2D eigenvalue weighted by Gasteiger charge is 2.10. The zero-order valence-corrected chi connectivity index (χ0v) is 15.8. The number of hydrogen-bond donors (Lipinski definition) is 1. The highest BCUT2D eigenvalue weighted by atomic mass is 19.1. The van der Waals surface area contributed by atoms with E-state index in [-0.39, 0.29) is 5.69 Å². The first-order valence-electron chi connectivity index (χ1n) is 9.02. The molecule has 0 unspecified atom stereocenters. The van der Waals surface area contributed by atoms with Crippen LogP contribution in [-0.2, 0) is 20.9 Å². The first kappa shape index (κ1) is 20.7. The van der Waals surface area contributed by atoms with E-state index in [0.717, 1.165) is 28.6 Å². The fraction of sp³-hybridized carbons (Fsp3) is 0.136. The number of ether oxygens (including phenoxy) is 1. The van der Waals surface area contributed by atoms with Crippen molar-refractivity contribution in [3.8, 4) is 6.07 Å². The van der Waals surface area contributed by atoms with Crippen LogP contribution in [0.15, 0.2) is 54.7 Å². The number of aryl methyl sites for hydroxylation is 1. The van der Waals surface area contributed by atoms with Gasteiger partial charge in [-0.3, -0.25) is 4.79 Å². The molecule has 30 heavy (non-hydrogen) atoms. The van der Waals surface area contributed by atoms with E-state index in [1.54, 1.807) is 6.08 Å². The van der Waals surface area contributed by atoms with Crippen molar-refractivity contribution >= 4 is 34.5 Å². The Hall–Kier alpha value is -3.99. The number of aromatic nitrogens is 1. The van der Waals surface area contributed by atoms with Crippen molar-refractivity contribution in [2.75, 3.05) is 11.9 Å². The minimum Gasteiger partial charge on any atom is -0.452 e. The predicted molar refractivity (Wildman–Crippen MR) is 107 cm³/mol. The maximum absolute atomic E-state index is 13.5. The van der Waals surface area contributed by atoms with Crippen LogP contribution in [0.25, 0.3) is 17.0 Å². The minimum absolute atomic E-state index is 0.210. The molecule has 3 aromatic rings. The maximum atomic E-state index is 13.5. The summed E-state index contributed by atoms with van der Waals surface area (Å²) in [5, 5.41) is 11.9. The van der Waals surface area contributed by atoms with Gasteiger partial charge in [-0.2, -0.15) is 5.26 Å². The number of nitrogens with zero attached hydrogens (tertiary/aromatic N) is 2. The van der Waals surface area contributed by atoms with Crippen LogP contribution in [0.4, 0.5) is 14.5 Å². The number of benzene rings is 2. The van der Waals surface area contributed by atoms with Crippen LogP contribution >= 0.6 is 0 Å². The Kier molecular flexibility index (Phi) is 6.55. The molecule has 1 N–H and O–H groups in total. The average Bonchev–Trinajstić information content (AvgIpc) is 3.09. The third kappa shape index (κ3) is 5.08. The molecular weight excluding hydrogens is 392 g/mol. The molecule has 0 aliphatic rings. The van der Waals surface area contributed by atoms with Gasteiger partial charge in [-0.1, -0.05) is 18.2 Å².